The standard InChI is InChI=1S/C5H6N3OS/c1-8-5(10-2)7-4(9)3-6-8/h3H,2H2,1H3. The average Bonchev–Trinajstić information content (AvgIpc) is 1.94. The van der Waals surface area contributed by atoms with Gasteiger partial charge in [-0.15, -0.1) is 0 Å². The molecule has 0 aliphatic rings. The van der Waals surface area contributed by atoms with Crippen LogP contribution in [0.15, 0.2) is 16.1 Å². The van der Waals surface area contributed by atoms with Crippen LogP contribution in [0.5, 0.6) is 0 Å². The zero-order valence-electron chi connectivity index (χ0n) is 5.44. The minimum absolute atomic E-state index is 0.329. The van der Waals surface area contributed by atoms with Gasteiger partial charge < -0.3 is 0 Å². The molecule has 0 saturated carbocycles. The minimum Gasteiger partial charge on any atom is -0.266 e. The summed E-state index contributed by atoms with van der Waals surface area (Å²) in [5.74, 6) is 0. The van der Waals surface area contributed by atoms with Crippen molar-refractivity contribution in [2.75, 3.05) is 0 Å². The van der Waals surface area contributed by atoms with E-state index in [9.17, 15) is 4.79 Å². The lowest BCUT2D eigenvalue weighted by molar-refractivity contribution is 0.612. The van der Waals surface area contributed by atoms with Crippen LogP contribution in [0.25, 0.3) is 0 Å². The van der Waals surface area contributed by atoms with Crippen molar-refractivity contribution >= 4 is 11.8 Å². The SMILES string of the molecule is [CH2]Sc1nc(=O)cnn1C. The molecule has 1 heterocycles. The van der Waals surface area contributed by atoms with Gasteiger partial charge in [-0.05, 0) is 0 Å². The smallest absolute Gasteiger partial charge is 0.266 e. The van der Waals surface area contributed by atoms with Gasteiger partial charge >= 0.3 is 0 Å². The Labute approximate surface area is 62.3 Å². The molecule has 1 rings (SSSR count). The van der Waals surface area contributed by atoms with Crippen molar-refractivity contribution in [2.24, 2.45) is 7.05 Å². The van der Waals surface area contributed by atoms with Gasteiger partial charge in [0.25, 0.3) is 5.56 Å². The molecule has 0 amide bonds. The van der Waals surface area contributed by atoms with Crippen molar-refractivity contribution in [2.45, 2.75) is 5.16 Å². The normalized spacial score (nSPS) is 9.80. The molecule has 0 N–H and O–H groups in total. The number of aromatic nitrogens is 3. The van der Waals surface area contributed by atoms with Crippen LogP contribution >= 0.6 is 11.8 Å². The highest BCUT2D eigenvalue weighted by molar-refractivity contribution is 8.00. The van der Waals surface area contributed by atoms with E-state index in [1.54, 1.807) is 7.05 Å². The monoisotopic (exact) mass is 156 g/mol. The summed E-state index contributed by atoms with van der Waals surface area (Å²) in [6.45, 7) is 0. The molecule has 53 valence electrons. The van der Waals surface area contributed by atoms with Crippen LogP contribution in [-0.2, 0) is 7.05 Å². The zero-order chi connectivity index (χ0) is 7.56. The van der Waals surface area contributed by atoms with Crippen molar-refractivity contribution in [3.05, 3.63) is 22.8 Å². The summed E-state index contributed by atoms with van der Waals surface area (Å²) in [5.41, 5.74) is -0.329. The highest BCUT2D eigenvalue weighted by Crippen LogP contribution is 2.06. The van der Waals surface area contributed by atoms with Crippen LogP contribution in [0.2, 0.25) is 0 Å². The molecule has 1 radical (unpaired) electrons. The molecule has 1 aromatic rings. The summed E-state index contributed by atoms with van der Waals surface area (Å²) in [6, 6.07) is 0. The van der Waals surface area contributed by atoms with E-state index in [-0.39, 0.29) is 5.56 Å². The number of rotatable bonds is 1. The second-order valence-corrected chi connectivity index (χ2v) is 2.30. The third kappa shape index (κ3) is 1.36. The second-order valence-electron chi connectivity index (χ2n) is 1.65. The van der Waals surface area contributed by atoms with Crippen LogP contribution in [0.4, 0.5) is 0 Å². The predicted octanol–water partition coefficient (Wildman–Crippen LogP) is 0.0590. The first-order valence-corrected chi connectivity index (χ1v) is 3.55. The molecule has 0 aromatic carbocycles. The van der Waals surface area contributed by atoms with Gasteiger partial charge in [-0.3, -0.25) is 4.79 Å². The Morgan fingerprint density at radius 2 is 2.50 bits per heavy atom. The molecule has 0 spiro atoms. The summed E-state index contributed by atoms with van der Waals surface area (Å²) in [4.78, 5) is 14.2. The Balaban J connectivity index is 3.22. The van der Waals surface area contributed by atoms with Crippen molar-refractivity contribution < 1.29 is 0 Å². The van der Waals surface area contributed by atoms with Crippen molar-refractivity contribution in [1.82, 2.24) is 14.8 Å². The van der Waals surface area contributed by atoms with E-state index >= 15 is 0 Å². The molecule has 10 heavy (non-hydrogen) atoms. The van der Waals surface area contributed by atoms with Crippen LogP contribution in [-0.4, -0.2) is 14.8 Å². The van der Waals surface area contributed by atoms with E-state index in [1.165, 1.54) is 10.9 Å². The molecule has 0 aliphatic carbocycles. The Morgan fingerprint density at radius 3 is 3.00 bits per heavy atom. The summed E-state index contributed by atoms with van der Waals surface area (Å²) in [7, 11) is 1.71. The molecular formula is C5H6N3OS. The highest BCUT2D eigenvalue weighted by Gasteiger charge is 1.95. The van der Waals surface area contributed by atoms with Crippen LogP contribution < -0.4 is 5.56 Å². The summed E-state index contributed by atoms with van der Waals surface area (Å²) < 4.78 is 1.50. The Kier molecular flexibility index (Phi) is 2.06. The molecule has 0 aliphatic heterocycles. The van der Waals surface area contributed by atoms with Gasteiger partial charge in [-0.25, -0.2) is 4.68 Å². The fraction of sp³-hybridized carbons (Fsp3) is 0.200. The van der Waals surface area contributed by atoms with Gasteiger partial charge in [0, 0.05) is 13.3 Å². The van der Waals surface area contributed by atoms with Gasteiger partial charge in [0.2, 0.25) is 0 Å². The van der Waals surface area contributed by atoms with Gasteiger partial charge in [0.15, 0.2) is 5.16 Å². The van der Waals surface area contributed by atoms with E-state index in [1.807, 2.05) is 0 Å². The molecule has 0 bridgehead atoms. The molecule has 1 aromatic heterocycles. The van der Waals surface area contributed by atoms with Gasteiger partial charge in [0.1, 0.15) is 6.20 Å². The van der Waals surface area contributed by atoms with Crippen LogP contribution in [0, 0.1) is 6.26 Å². The third-order valence-corrected chi connectivity index (χ3v) is 1.57. The van der Waals surface area contributed by atoms with Crippen molar-refractivity contribution in [3.63, 3.8) is 0 Å². The fourth-order valence-electron chi connectivity index (χ4n) is 0.507. The Morgan fingerprint density at radius 1 is 1.80 bits per heavy atom. The molecule has 0 saturated heterocycles. The molecule has 0 unspecified atom stereocenters. The fourth-order valence-corrected chi connectivity index (χ4v) is 0.895. The topological polar surface area (TPSA) is 47.8 Å². The number of nitrogens with zero attached hydrogens (tertiary/aromatic N) is 3. The molecule has 4 nitrogen and oxygen atoms in total. The second kappa shape index (κ2) is 2.83. The maximum Gasteiger partial charge on any atom is 0.292 e. The van der Waals surface area contributed by atoms with E-state index in [4.69, 9.17) is 0 Å². The highest BCUT2D eigenvalue weighted by atomic mass is 32.2. The number of hydrogen-bond acceptors (Lipinski definition) is 4. The maximum atomic E-state index is 10.6. The van der Waals surface area contributed by atoms with Crippen molar-refractivity contribution in [1.29, 1.82) is 0 Å². The maximum absolute atomic E-state index is 10.6. The summed E-state index contributed by atoms with van der Waals surface area (Å²) in [6.07, 6.45) is 4.68. The van der Waals surface area contributed by atoms with E-state index in [0.29, 0.717) is 5.16 Å². The number of thioether (sulfide) groups is 1. The summed E-state index contributed by atoms with van der Waals surface area (Å²) >= 11 is 1.15. The van der Waals surface area contributed by atoms with Crippen LogP contribution in [0.1, 0.15) is 0 Å². The molecule has 5 heteroatoms. The minimum atomic E-state index is -0.329. The first-order valence-electron chi connectivity index (χ1n) is 2.56. The quantitative estimate of drug-likeness (QED) is 0.539. The molecule has 0 fully saturated rings. The Hall–Kier alpha value is -0.840. The summed E-state index contributed by atoms with van der Waals surface area (Å²) in [5, 5.41) is 4.25. The lowest BCUT2D eigenvalue weighted by Crippen LogP contribution is -2.13. The average molecular weight is 156 g/mol. The van der Waals surface area contributed by atoms with Gasteiger partial charge in [0.05, 0.1) is 0 Å². The molecule has 0 atom stereocenters. The lowest BCUT2D eigenvalue weighted by Gasteiger charge is -1.98. The number of hydrogen-bond donors (Lipinski definition) is 0. The van der Waals surface area contributed by atoms with Gasteiger partial charge in [-0.2, -0.15) is 10.1 Å². The van der Waals surface area contributed by atoms with Crippen LogP contribution in [0.3, 0.4) is 0 Å². The molecular weight excluding hydrogens is 150 g/mol. The first-order chi connectivity index (χ1) is 4.74. The van der Waals surface area contributed by atoms with E-state index in [0.717, 1.165) is 11.8 Å². The van der Waals surface area contributed by atoms with Crippen molar-refractivity contribution in [3.8, 4) is 0 Å². The number of aryl methyl sites for hydroxylation is 1. The lowest BCUT2D eigenvalue weighted by atomic mass is 10.8. The predicted molar refractivity (Wildman–Crippen MR) is 38.5 cm³/mol. The zero-order valence-corrected chi connectivity index (χ0v) is 6.26. The van der Waals surface area contributed by atoms with E-state index < -0.39 is 0 Å². The van der Waals surface area contributed by atoms with Gasteiger partial charge in [-0.1, -0.05) is 11.8 Å². The third-order valence-electron chi connectivity index (χ3n) is 0.953. The Bertz CT molecular complexity index is 282. The van der Waals surface area contributed by atoms with E-state index in [2.05, 4.69) is 16.3 Å². The largest absolute Gasteiger partial charge is 0.292 e. The first kappa shape index (κ1) is 7.27.